The molecule has 0 spiro atoms. The van der Waals surface area contributed by atoms with Gasteiger partial charge in [-0.2, -0.15) is 0 Å². The molecule has 434 valence electrons. The van der Waals surface area contributed by atoms with E-state index >= 15 is 0 Å². The smallest absolute Gasteiger partial charge is 0.335 e. The Hall–Kier alpha value is -2.08. The molecule has 4 saturated heterocycles. The summed E-state index contributed by atoms with van der Waals surface area (Å²) in [6, 6.07) is 0. The van der Waals surface area contributed by atoms with Crippen molar-refractivity contribution in [1.29, 1.82) is 0 Å². The monoisotopic (exact) mass is 1090 g/mol. The van der Waals surface area contributed by atoms with Crippen LogP contribution in [0.3, 0.4) is 0 Å². The number of hydrogen-bond donors (Lipinski definition) is 14. The number of aliphatic hydroxyl groups excluding tert-OH is 13. The number of aliphatic hydroxyl groups is 13. The molecular formula is C53H84O23. The summed E-state index contributed by atoms with van der Waals surface area (Å²) in [5.74, 6) is -3.41. The van der Waals surface area contributed by atoms with Crippen LogP contribution in [0.2, 0.25) is 0 Å². The molecule has 0 bridgehead atoms. The van der Waals surface area contributed by atoms with Crippen LogP contribution in [0, 0.1) is 56.2 Å². The number of allylic oxidation sites excluding steroid dienone is 2. The van der Waals surface area contributed by atoms with Crippen LogP contribution in [-0.2, 0) is 42.7 Å². The van der Waals surface area contributed by atoms with Gasteiger partial charge in [-0.05, 0) is 115 Å². The number of carboxylic acid groups (broad SMARTS) is 1. The van der Waals surface area contributed by atoms with Crippen LogP contribution in [0.25, 0.3) is 0 Å². The van der Waals surface area contributed by atoms with E-state index in [9.17, 15) is 81.1 Å². The molecule has 0 amide bonds. The Labute approximate surface area is 441 Å². The molecule has 4 heterocycles. The van der Waals surface area contributed by atoms with E-state index in [0.717, 1.165) is 6.42 Å². The minimum atomic E-state index is -2.01. The van der Waals surface area contributed by atoms with Crippen LogP contribution in [0.1, 0.15) is 106 Å². The number of fused-ring (bicyclic) bond motifs is 7. The van der Waals surface area contributed by atoms with E-state index in [0.29, 0.717) is 57.8 Å². The van der Waals surface area contributed by atoms with Crippen molar-refractivity contribution in [1.82, 2.24) is 0 Å². The number of esters is 1. The van der Waals surface area contributed by atoms with Gasteiger partial charge >= 0.3 is 11.9 Å². The van der Waals surface area contributed by atoms with Crippen LogP contribution >= 0.6 is 0 Å². The van der Waals surface area contributed by atoms with Gasteiger partial charge in [0.1, 0.15) is 85.5 Å². The molecule has 8 fully saturated rings. The molecule has 14 N–H and O–H groups in total. The Bertz CT molecular complexity index is 2140. The van der Waals surface area contributed by atoms with E-state index in [1.165, 1.54) is 5.57 Å². The van der Waals surface area contributed by atoms with E-state index in [4.69, 9.17) is 33.2 Å². The number of carboxylic acids is 1. The number of aliphatic carboxylic acids is 1. The molecule has 0 aromatic heterocycles. The number of carbonyl (C=O) groups excluding carboxylic acids is 1. The van der Waals surface area contributed by atoms with Gasteiger partial charge < -0.3 is 105 Å². The van der Waals surface area contributed by atoms with Gasteiger partial charge in [0.2, 0.25) is 6.29 Å². The largest absolute Gasteiger partial charge is 0.479 e. The summed E-state index contributed by atoms with van der Waals surface area (Å²) in [5.41, 5.74) is -2.29. The van der Waals surface area contributed by atoms with Gasteiger partial charge in [0.25, 0.3) is 0 Å². The second-order valence-electron chi connectivity index (χ2n) is 25.8. The highest BCUT2D eigenvalue weighted by molar-refractivity contribution is 5.79. The van der Waals surface area contributed by atoms with Crippen molar-refractivity contribution >= 4 is 11.9 Å². The lowest BCUT2D eigenvalue weighted by molar-refractivity contribution is -0.363. The Morgan fingerprint density at radius 2 is 1.22 bits per heavy atom. The maximum atomic E-state index is 14.8. The highest BCUT2D eigenvalue weighted by Crippen LogP contribution is 2.76. The van der Waals surface area contributed by atoms with Crippen LogP contribution in [-0.4, -0.2) is 226 Å². The predicted octanol–water partition coefficient (Wildman–Crippen LogP) is -2.06. The zero-order valence-electron chi connectivity index (χ0n) is 44.2. The van der Waals surface area contributed by atoms with Gasteiger partial charge in [-0.25, -0.2) is 4.79 Å². The number of rotatable bonds is 11. The predicted molar refractivity (Wildman–Crippen MR) is 257 cm³/mol. The van der Waals surface area contributed by atoms with Crippen LogP contribution < -0.4 is 0 Å². The van der Waals surface area contributed by atoms with Crippen molar-refractivity contribution in [2.24, 2.45) is 56.2 Å². The van der Waals surface area contributed by atoms with Crippen molar-refractivity contribution in [2.45, 2.75) is 222 Å². The Morgan fingerprint density at radius 1 is 0.632 bits per heavy atom. The van der Waals surface area contributed by atoms with Gasteiger partial charge in [0.15, 0.2) is 18.7 Å². The second kappa shape index (κ2) is 21.0. The van der Waals surface area contributed by atoms with Gasteiger partial charge in [-0.3, -0.25) is 4.79 Å². The minimum Gasteiger partial charge on any atom is -0.479 e. The summed E-state index contributed by atoms with van der Waals surface area (Å²) in [6.07, 6.45) is -24.8. The van der Waals surface area contributed by atoms with Gasteiger partial charge in [0, 0.05) is 6.61 Å². The molecule has 23 heteroatoms. The first-order chi connectivity index (χ1) is 35.6. The summed E-state index contributed by atoms with van der Waals surface area (Å²) >= 11 is 0. The molecule has 0 aromatic rings. The second-order valence-corrected chi connectivity index (χ2v) is 25.8. The maximum absolute atomic E-state index is 14.8. The summed E-state index contributed by atoms with van der Waals surface area (Å²) in [6.45, 7) is 10.8. The van der Waals surface area contributed by atoms with Crippen molar-refractivity contribution < 1.29 is 114 Å². The molecule has 0 aromatic carbocycles. The fourth-order valence-electron chi connectivity index (χ4n) is 16.7. The zero-order chi connectivity index (χ0) is 55.6. The Balaban J connectivity index is 1.03. The Morgan fingerprint density at radius 3 is 1.84 bits per heavy atom. The maximum Gasteiger partial charge on any atom is 0.335 e. The summed E-state index contributed by atoms with van der Waals surface area (Å²) in [4.78, 5) is 28.1. The quantitative estimate of drug-likeness (QED) is 0.0781. The first-order valence-electron chi connectivity index (χ1n) is 27.3. The van der Waals surface area contributed by atoms with Crippen molar-refractivity contribution in [2.75, 3.05) is 26.4 Å². The average molecular weight is 1090 g/mol. The lowest BCUT2D eigenvalue weighted by atomic mass is 9.33. The average Bonchev–Trinajstić information content (AvgIpc) is 3.55. The molecule has 9 aliphatic rings. The normalized spacial score (nSPS) is 54.2. The van der Waals surface area contributed by atoms with Gasteiger partial charge in [-0.1, -0.05) is 53.2 Å². The molecule has 5 aliphatic carbocycles. The molecule has 4 aliphatic heterocycles. The topological polar surface area (TPSA) is 382 Å². The number of carbonyl (C=O) groups is 2. The molecule has 4 saturated carbocycles. The number of hydrogen-bond acceptors (Lipinski definition) is 22. The van der Waals surface area contributed by atoms with Crippen LogP contribution in [0.4, 0.5) is 0 Å². The SMILES string of the molecule is CC1(C)CC[C@]2(C(=O)O[C@@H]3O[C@H](CO)[C@@H](O)[C@H](O)[C@H]3O)CC[C@]3(C)C(=CC[C@@H]4[C@@]5(C)CC[C@H]([C@@H]6O[C@H](C(=O)O)[C@@H](O[C@@H]7O[C@H](CO)[C@@H](O)[C@H](O)[C@H]7O)[C@H](O)[C@H]6O[C@@H]6OC[C@@H](O)[C@H](O)[C@H]6O)[C@@](C)(CO)[C@@H]5CC[C@]43C)[C@@H]2C1. The van der Waals surface area contributed by atoms with Gasteiger partial charge in [-0.15, -0.1) is 0 Å². The van der Waals surface area contributed by atoms with Crippen LogP contribution in [0.15, 0.2) is 11.6 Å². The fourth-order valence-corrected chi connectivity index (χ4v) is 16.7. The van der Waals surface area contributed by atoms with E-state index in [2.05, 4.69) is 40.7 Å². The zero-order valence-corrected chi connectivity index (χ0v) is 44.2. The summed E-state index contributed by atoms with van der Waals surface area (Å²) < 4.78 is 41.6. The van der Waals surface area contributed by atoms with Crippen molar-refractivity contribution in [3.8, 4) is 0 Å². The van der Waals surface area contributed by atoms with E-state index in [1.807, 2.05) is 6.92 Å². The molecule has 76 heavy (non-hydrogen) atoms. The first-order valence-corrected chi connectivity index (χ1v) is 27.3. The standard InChI is InChI=1S/C53H84O23/c1-48(2)13-15-53(47(69)76-46-37(65)34(62)32(60)27(19-55)72-46)16-14-51(5)22(24(53)17-48)7-8-29-49(3)11-9-23(50(4,21-56)28(49)10-12-52(29,51)6)39-40(74-44-35(63)30(58)25(57)20-70-44)38(66)41(42(73-39)43(67)68)75-45-36(64)33(61)31(59)26(18-54)71-45/h7,23-42,44-46,54-66H,8-21H2,1-6H3,(H,67,68)/t23-,24+,25-,26-,27-,28-,29-,30+,31-,32-,33+,34+,35-,36-,37-,38-,39+,40-,41+,42+,44+,45+,46+,49+,50-,51-,52-,53+/m1/s1. The molecule has 0 unspecified atom stereocenters. The fraction of sp³-hybridized carbons (Fsp3) is 0.925. The van der Waals surface area contributed by atoms with Gasteiger partial charge in [0.05, 0.1) is 31.3 Å². The molecule has 9 rings (SSSR count). The highest BCUT2D eigenvalue weighted by Gasteiger charge is 2.71. The molecule has 28 atom stereocenters. The van der Waals surface area contributed by atoms with Crippen molar-refractivity contribution in [3.05, 3.63) is 11.6 Å². The lowest BCUT2D eigenvalue weighted by Crippen LogP contribution is -2.70. The van der Waals surface area contributed by atoms with E-state index in [-0.39, 0.29) is 28.6 Å². The summed E-state index contributed by atoms with van der Waals surface area (Å²) in [7, 11) is 0. The van der Waals surface area contributed by atoms with Crippen LogP contribution in [0.5, 0.6) is 0 Å². The third-order valence-electron chi connectivity index (χ3n) is 21.5. The first kappa shape index (κ1) is 58.6. The Kier molecular flexibility index (Phi) is 16.2. The third-order valence-corrected chi connectivity index (χ3v) is 21.5. The minimum absolute atomic E-state index is 0.0243. The molecule has 23 nitrogen and oxygen atoms in total. The highest BCUT2D eigenvalue weighted by atomic mass is 16.7. The van der Waals surface area contributed by atoms with Crippen molar-refractivity contribution in [3.63, 3.8) is 0 Å². The third kappa shape index (κ3) is 9.14. The lowest BCUT2D eigenvalue weighted by Gasteiger charge is -2.72. The summed E-state index contributed by atoms with van der Waals surface area (Å²) in [5, 5.41) is 151. The molecular weight excluding hydrogens is 1000 g/mol. The van der Waals surface area contributed by atoms with E-state index < -0.39 is 182 Å². The van der Waals surface area contributed by atoms with E-state index in [1.54, 1.807) is 0 Å². The molecule has 0 radical (unpaired) electrons. The number of ether oxygens (including phenoxy) is 7.